The fourth-order valence-corrected chi connectivity index (χ4v) is 2.64. The van der Waals surface area contributed by atoms with Crippen LogP contribution in [0.4, 0.5) is 43.4 Å². The zero-order valence-corrected chi connectivity index (χ0v) is 18.1. The monoisotopic (exact) mass is 513 g/mol. The molecule has 0 aromatic heterocycles. The second kappa shape index (κ2) is 10.6. The van der Waals surface area contributed by atoms with Crippen molar-refractivity contribution in [2.45, 2.75) is 12.4 Å². The molecule has 2 N–H and O–H groups in total. The Morgan fingerprint density at radius 3 is 1.71 bits per heavy atom. The van der Waals surface area contributed by atoms with E-state index in [9.17, 15) is 31.1 Å². The quantitative estimate of drug-likeness (QED) is 0.124. The highest BCUT2D eigenvalue weighted by atomic mass is 35.5. The fraction of sp³-hybridized carbons (Fsp3) is 0.0909. The van der Waals surface area contributed by atoms with Crippen LogP contribution in [0.1, 0.15) is 11.1 Å². The zero-order chi connectivity index (χ0) is 25.6. The van der Waals surface area contributed by atoms with E-state index >= 15 is 0 Å². The smallest absolute Gasteiger partial charge is 0.319 e. The second-order valence-electron chi connectivity index (χ2n) is 6.83. The standard InChI is InChI=1S/C22H14ClF6N5O/c23-15-5-11-16(12-6-15)30-20(35)19(33-31-17-7-1-13(2-8-17)21(24,25)26)34-32-18-9-3-14(4-10-18)22(27,28)29/h1-12,31H,(H,30,35)/b33-19-,34-32?. The molecule has 0 bridgehead atoms. The van der Waals surface area contributed by atoms with Gasteiger partial charge < -0.3 is 5.32 Å². The predicted molar refractivity (Wildman–Crippen MR) is 119 cm³/mol. The summed E-state index contributed by atoms with van der Waals surface area (Å²) in [5, 5.41) is 14.1. The summed E-state index contributed by atoms with van der Waals surface area (Å²) in [5.74, 6) is -1.41. The van der Waals surface area contributed by atoms with Crippen LogP contribution in [0.5, 0.6) is 0 Å². The molecular weight excluding hydrogens is 500 g/mol. The average molecular weight is 514 g/mol. The number of benzene rings is 3. The van der Waals surface area contributed by atoms with Crippen molar-refractivity contribution in [1.29, 1.82) is 0 Å². The number of hydrazone groups is 1. The summed E-state index contributed by atoms with van der Waals surface area (Å²) in [6.45, 7) is 0. The molecule has 3 rings (SSSR count). The number of carbonyl (C=O) groups is 1. The van der Waals surface area contributed by atoms with E-state index in [4.69, 9.17) is 11.6 Å². The number of anilines is 2. The molecule has 35 heavy (non-hydrogen) atoms. The topological polar surface area (TPSA) is 78.2 Å². The molecule has 0 aliphatic heterocycles. The highest BCUT2D eigenvalue weighted by molar-refractivity contribution is 6.42. The summed E-state index contributed by atoms with van der Waals surface area (Å²) in [7, 11) is 0. The van der Waals surface area contributed by atoms with Gasteiger partial charge in [0.25, 0.3) is 11.7 Å². The van der Waals surface area contributed by atoms with Gasteiger partial charge in [-0.3, -0.25) is 10.2 Å². The van der Waals surface area contributed by atoms with Crippen molar-refractivity contribution >= 4 is 40.4 Å². The summed E-state index contributed by atoms with van der Waals surface area (Å²) >= 11 is 5.80. The van der Waals surface area contributed by atoms with Gasteiger partial charge in [-0.15, -0.1) is 15.3 Å². The molecule has 3 aromatic carbocycles. The van der Waals surface area contributed by atoms with Crippen molar-refractivity contribution in [2.75, 3.05) is 10.7 Å². The highest BCUT2D eigenvalue weighted by Gasteiger charge is 2.30. The van der Waals surface area contributed by atoms with Crippen LogP contribution in [0.2, 0.25) is 5.02 Å². The molecule has 182 valence electrons. The largest absolute Gasteiger partial charge is 0.416 e. The molecule has 0 saturated heterocycles. The maximum atomic E-state index is 12.7. The van der Waals surface area contributed by atoms with E-state index in [1.54, 1.807) is 0 Å². The first-order valence-corrected chi connectivity index (χ1v) is 9.96. The summed E-state index contributed by atoms with van der Waals surface area (Å²) in [5.41, 5.74) is 1.06. The molecule has 0 unspecified atom stereocenters. The molecule has 0 aliphatic rings. The first kappa shape index (κ1) is 25.7. The Morgan fingerprint density at radius 2 is 1.20 bits per heavy atom. The number of halogens is 7. The lowest BCUT2D eigenvalue weighted by molar-refractivity contribution is -0.138. The minimum atomic E-state index is -4.54. The number of hydrogen-bond donors (Lipinski definition) is 2. The number of carbonyl (C=O) groups excluding carboxylic acids is 1. The van der Waals surface area contributed by atoms with Crippen LogP contribution in [0, 0.1) is 0 Å². The third kappa shape index (κ3) is 7.54. The van der Waals surface area contributed by atoms with Gasteiger partial charge in [-0.05, 0) is 72.8 Å². The number of hydrogen-bond acceptors (Lipinski definition) is 4. The lowest BCUT2D eigenvalue weighted by atomic mass is 10.2. The van der Waals surface area contributed by atoms with Crippen molar-refractivity contribution in [3.8, 4) is 0 Å². The van der Waals surface area contributed by atoms with E-state index < -0.39 is 35.2 Å². The number of nitrogens with one attached hydrogen (secondary N) is 2. The Bertz CT molecular complexity index is 1220. The maximum absolute atomic E-state index is 12.7. The molecule has 1 amide bonds. The minimum absolute atomic E-state index is 0.000442. The number of alkyl halides is 6. The van der Waals surface area contributed by atoms with Gasteiger partial charge in [-0.2, -0.15) is 26.3 Å². The normalized spacial score (nSPS) is 12.6. The zero-order valence-electron chi connectivity index (χ0n) is 17.3. The maximum Gasteiger partial charge on any atom is 0.416 e. The van der Waals surface area contributed by atoms with Crippen LogP contribution < -0.4 is 10.7 Å². The first-order valence-electron chi connectivity index (χ1n) is 9.59. The highest BCUT2D eigenvalue weighted by Crippen LogP contribution is 2.31. The van der Waals surface area contributed by atoms with Crippen LogP contribution in [-0.4, -0.2) is 11.7 Å². The van der Waals surface area contributed by atoms with Crippen LogP contribution in [-0.2, 0) is 17.1 Å². The van der Waals surface area contributed by atoms with E-state index in [-0.39, 0.29) is 11.4 Å². The van der Waals surface area contributed by atoms with E-state index in [1.165, 1.54) is 24.3 Å². The molecule has 0 heterocycles. The van der Waals surface area contributed by atoms with Gasteiger partial charge in [0.05, 0.1) is 22.5 Å². The fourth-order valence-electron chi connectivity index (χ4n) is 2.51. The van der Waals surface area contributed by atoms with Gasteiger partial charge in [-0.25, -0.2) is 0 Å². The molecule has 0 atom stereocenters. The van der Waals surface area contributed by atoms with Gasteiger partial charge in [0.1, 0.15) is 0 Å². The summed E-state index contributed by atoms with van der Waals surface area (Å²) in [4.78, 5) is 12.6. The molecule has 0 aliphatic carbocycles. The minimum Gasteiger partial charge on any atom is -0.319 e. The molecule has 0 radical (unpaired) electrons. The van der Waals surface area contributed by atoms with Crippen LogP contribution in [0.25, 0.3) is 0 Å². The van der Waals surface area contributed by atoms with Gasteiger partial charge >= 0.3 is 12.4 Å². The van der Waals surface area contributed by atoms with Gasteiger partial charge in [-0.1, -0.05) is 11.6 Å². The molecule has 13 heteroatoms. The lowest BCUT2D eigenvalue weighted by Crippen LogP contribution is -2.22. The summed E-state index contributed by atoms with van der Waals surface area (Å²) in [6.07, 6.45) is -9.06. The summed E-state index contributed by atoms with van der Waals surface area (Å²) < 4.78 is 76.3. The van der Waals surface area contributed by atoms with Crippen LogP contribution in [0.15, 0.2) is 88.1 Å². The van der Waals surface area contributed by atoms with Crippen molar-refractivity contribution in [3.63, 3.8) is 0 Å². The number of azo groups is 1. The van der Waals surface area contributed by atoms with E-state index in [1.807, 2.05) is 0 Å². The molecular formula is C22H14ClF6N5O. The third-order valence-electron chi connectivity index (χ3n) is 4.26. The van der Waals surface area contributed by atoms with Gasteiger partial charge in [0, 0.05) is 10.7 Å². The lowest BCUT2D eigenvalue weighted by Gasteiger charge is -2.08. The second-order valence-corrected chi connectivity index (χ2v) is 7.26. The van der Waals surface area contributed by atoms with E-state index in [2.05, 4.69) is 26.1 Å². The van der Waals surface area contributed by atoms with E-state index in [0.717, 1.165) is 48.5 Å². The van der Waals surface area contributed by atoms with Crippen molar-refractivity contribution < 1.29 is 31.1 Å². The number of nitrogens with zero attached hydrogens (tertiary/aromatic N) is 3. The summed E-state index contributed by atoms with van der Waals surface area (Å²) in [6, 6.07) is 13.5. The third-order valence-corrected chi connectivity index (χ3v) is 4.52. The molecule has 6 nitrogen and oxygen atoms in total. The Labute approximate surface area is 199 Å². The Balaban J connectivity index is 1.83. The van der Waals surface area contributed by atoms with E-state index in [0.29, 0.717) is 10.7 Å². The molecule has 0 fully saturated rings. The van der Waals surface area contributed by atoms with Crippen molar-refractivity contribution in [3.05, 3.63) is 88.9 Å². The van der Waals surface area contributed by atoms with Crippen molar-refractivity contribution in [1.82, 2.24) is 0 Å². The SMILES string of the molecule is O=C(Nc1ccc(Cl)cc1)/C(N=Nc1ccc(C(F)(F)F)cc1)=N/Nc1ccc(C(F)(F)F)cc1. The first-order chi connectivity index (χ1) is 16.4. The number of amidine groups is 1. The van der Waals surface area contributed by atoms with Gasteiger partial charge in [0.15, 0.2) is 0 Å². The van der Waals surface area contributed by atoms with Crippen LogP contribution in [0.3, 0.4) is 0 Å². The van der Waals surface area contributed by atoms with Crippen molar-refractivity contribution in [2.24, 2.45) is 15.3 Å². The van der Waals surface area contributed by atoms with Gasteiger partial charge in [0.2, 0.25) is 0 Å². The molecule has 0 saturated carbocycles. The number of rotatable bonds is 4. The number of amides is 1. The van der Waals surface area contributed by atoms with Crippen LogP contribution >= 0.6 is 11.6 Å². The predicted octanol–water partition coefficient (Wildman–Crippen LogP) is 7.53. The Kier molecular flexibility index (Phi) is 7.75. The molecule has 0 spiro atoms. The average Bonchev–Trinajstić information content (AvgIpc) is 2.80. The molecule has 3 aromatic rings. The Morgan fingerprint density at radius 1 is 0.714 bits per heavy atom. The Hall–Kier alpha value is -3.93.